The maximum Gasteiger partial charge on any atom is 0.211 e. The average Bonchev–Trinajstić information content (AvgIpc) is 2.33. The van der Waals surface area contributed by atoms with E-state index in [0.29, 0.717) is 25.0 Å². The molecule has 112 valence electrons. The fourth-order valence-corrected chi connectivity index (χ4v) is 4.13. The van der Waals surface area contributed by atoms with Crippen LogP contribution < -0.4 is 5.73 Å². The summed E-state index contributed by atoms with van der Waals surface area (Å²) >= 11 is 0. The molecule has 0 amide bonds. The summed E-state index contributed by atoms with van der Waals surface area (Å²) in [7, 11) is -3.02. The second kappa shape index (κ2) is 6.08. The molecule has 0 spiro atoms. The smallest absolute Gasteiger partial charge is 0.211 e. The fourth-order valence-electron chi connectivity index (χ4n) is 3.31. The zero-order chi connectivity index (χ0) is 14.0. The number of hydrogen-bond acceptors (Lipinski definition) is 4. The zero-order valence-corrected chi connectivity index (χ0v) is 12.9. The Morgan fingerprint density at radius 3 is 2.37 bits per heavy atom. The summed E-state index contributed by atoms with van der Waals surface area (Å²) in [5, 5.41) is 0. The highest BCUT2D eigenvalue weighted by Crippen LogP contribution is 2.28. The lowest BCUT2D eigenvalue weighted by Gasteiger charge is -2.39. The number of rotatable bonds is 3. The molecule has 1 saturated heterocycles. The van der Waals surface area contributed by atoms with Gasteiger partial charge in [0, 0.05) is 38.8 Å². The van der Waals surface area contributed by atoms with Gasteiger partial charge in [-0.3, -0.25) is 0 Å². The van der Waals surface area contributed by atoms with E-state index in [1.807, 2.05) is 0 Å². The quantitative estimate of drug-likeness (QED) is 0.813. The van der Waals surface area contributed by atoms with E-state index in [1.165, 1.54) is 19.1 Å². The molecule has 2 rings (SSSR count). The van der Waals surface area contributed by atoms with E-state index >= 15 is 0 Å². The number of nitrogens with two attached hydrogens (primary N) is 1. The Morgan fingerprint density at radius 1 is 1.16 bits per heavy atom. The Hall–Kier alpha value is -0.170. The molecular formula is C13H27N3O2S. The van der Waals surface area contributed by atoms with Crippen LogP contribution in [0.15, 0.2) is 0 Å². The molecule has 0 aromatic carbocycles. The minimum absolute atomic E-state index is 0.323. The molecule has 2 aliphatic rings. The Morgan fingerprint density at radius 2 is 1.79 bits per heavy atom. The second-order valence-corrected chi connectivity index (χ2v) is 8.29. The monoisotopic (exact) mass is 289 g/mol. The number of hydrogen-bond donors (Lipinski definition) is 1. The molecule has 2 N–H and O–H groups in total. The van der Waals surface area contributed by atoms with Gasteiger partial charge >= 0.3 is 0 Å². The van der Waals surface area contributed by atoms with Gasteiger partial charge in [-0.25, -0.2) is 8.42 Å². The SMILES string of the molecule is CC1CCC(N)C(CN2CCN(S(C)(=O)=O)CC2)C1. The van der Waals surface area contributed by atoms with Crippen molar-refractivity contribution in [3.8, 4) is 0 Å². The summed E-state index contributed by atoms with van der Waals surface area (Å²) in [6, 6.07) is 0.323. The van der Waals surface area contributed by atoms with Crippen molar-refractivity contribution in [1.29, 1.82) is 0 Å². The van der Waals surface area contributed by atoms with E-state index in [-0.39, 0.29) is 0 Å². The minimum atomic E-state index is -3.02. The highest BCUT2D eigenvalue weighted by Gasteiger charge is 2.30. The van der Waals surface area contributed by atoms with Gasteiger partial charge in [0.1, 0.15) is 0 Å². The molecule has 0 radical (unpaired) electrons. The lowest BCUT2D eigenvalue weighted by Crippen LogP contribution is -2.51. The Balaban J connectivity index is 1.82. The largest absolute Gasteiger partial charge is 0.327 e. The molecule has 2 fully saturated rings. The van der Waals surface area contributed by atoms with Crippen LogP contribution in [0.3, 0.4) is 0 Å². The van der Waals surface area contributed by atoms with E-state index in [9.17, 15) is 8.42 Å². The summed E-state index contributed by atoms with van der Waals surface area (Å²) < 4.78 is 24.5. The number of piperazine rings is 1. The molecule has 3 atom stereocenters. The Bertz CT molecular complexity index is 391. The van der Waals surface area contributed by atoms with Crippen molar-refractivity contribution in [2.75, 3.05) is 39.0 Å². The summed E-state index contributed by atoms with van der Waals surface area (Å²) in [4.78, 5) is 2.38. The van der Waals surface area contributed by atoms with Crippen LogP contribution in [0, 0.1) is 11.8 Å². The van der Waals surface area contributed by atoms with Crippen molar-refractivity contribution in [2.24, 2.45) is 17.6 Å². The second-order valence-electron chi connectivity index (χ2n) is 6.30. The molecule has 0 aromatic rings. The van der Waals surface area contributed by atoms with E-state index in [0.717, 1.165) is 32.0 Å². The van der Waals surface area contributed by atoms with Crippen molar-refractivity contribution in [2.45, 2.75) is 32.2 Å². The summed E-state index contributed by atoms with van der Waals surface area (Å²) in [6.45, 7) is 6.26. The molecule has 19 heavy (non-hydrogen) atoms. The first-order chi connectivity index (χ1) is 8.86. The lowest BCUT2D eigenvalue weighted by atomic mass is 9.79. The van der Waals surface area contributed by atoms with E-state index in [4.69, 9.17) is 5.73 Å². The molecule has 0 bridgehead atoms. The van der Waals surface area contributed by atoms with E-state index < -0.39 is 10.0 Å². The van der Waals surface area contributed by atoms with Crippen molar-refractivity contribution < 1.29 is 8.42 Å². The van der Waals surface area contributed by atoms with Crippen LogP contribution in [-0.4, -0.2) is 62.6 Å². The Labute approximate surface area is 117 Å². The first kappa shape index (κ1) is 15.2. The van der Waals surface area contributed by atoms with Crippen molar-refractivity contribution in [1.82, 2.24) is 9.21 Å². The summed E-state index contributed by atoms with van der Waals surface area (Å²) in [5.74, 6) is 1.36. The fraction of sp³-hybridized carbons (Fsp3) is 1.00. The number of nitrogens with zero attached hydrogens (tertiary/aromatic N) is 2. The molecule has 1 heterocycles. The van der Waals surface area contributed by atoms with Crippen LogP contribution in [-0.2, 0) is 10.0 Å². The van der Waals surface area contributed by atoms with Crippen LogP contribution in [0.4, 0.5) is 0 Å². The normalized spacial score (nSPS) is 35.4. The van der Waals surface area contributed by atoms with Gasteiger partial charge in [-0.2, -0.15) is 4.31 Å². The number of sulfonamides is 1. The average molecular weight is 289 g/mol. The molecule has 1 aliphatic heterocycles. The third-order valence-electron chi connectivity index (χ3n) is 4.60. The van der Waals surface area contributed by atoms with Crippen LogP contribution in [0.5, 0.6) is 0 Å². The highest BCUT2D eigenvalue weighted by atomic mass is 32.2. The zero-order valence-electron chi connectivity index (χ0n) is 12.1. The predicted octanol–water partition coefficient (Wildman–Crippen LogP) is 0.327. The van der Waals surface area contributed by atoms with Crippen molar-refractivity contribution in [3.05, 3.63) is 0 Å². The topological polar surface area (TPSA) is 66.6 Å². The molecule has 5 nitrogen and oxygen atoms in total. The van der Waals surface area contributed by atoms with Crippen molar-refractivity contribution in [3.63, 3.8) is 0 Å². The van der Waals surface area contributed by atoms with Gasteiger partial charge in [-0.1, -0.05) is 6.92 Å². The molecule has 6 heteroatoms. The van der Waals surface area contributed by atoms with Crippen molar-refractivity contribution >= 4 is 10.0 Å². The maximum atomic E-state index is 11.5. The van der Waals surface area contributed by atoms with Gasteiger partial charge in [0.15, 0.2) is 0 Å². The Kier molecular flexibility index (Phi) is 4.87. The first-order valence-electron chi connectivity index (χ1n) is 7.29. The van der Waals surface area contributed by atoms with Crippen LogP contribution in [0.1, 0.15) is 26.2 Å². The molecule has 0 aromatic heterocycles. The van der Waals surface area contributed by atoms with Crippen LogP contribution >= 0.6 is 0 Å². The van der Waals surface area contributed by atoms with Gasteiger partial charge in [-0.15, -0.1) is 0 Å². The van der Waals surface area contributed by atoms with Crippen LogP contribution in [0.2, 0.25) is 0 Å². The maximum absolute atomic E-state index is 11.5. The lowest BCUT2D eigenvalue weighted by molar-refractivity contribution is 0.128. The third kappa shape index (κ3) is 4.15. The molecule has 1 aliphatic carbocycles. The summed E-state index contributed by atoms with van der Waals surface area (Å²) in [5.41, 5.74) is 6.22. The predicted molar refractivity (Wildman–Crippen MR) is 77.3 cm³/mol. The van der Waals surface area contributed by atoms with Crippen LogP contribution in [0.25, 0.3) is 0 Å². The third-order valence-corrected chi connectivity index (χ3v) is 5.90. The molecular weight excluding hydrogens is 262 g/mol. The van der Waals surface area contributed by atoms with Gasteiger partial charge in [0.2, 0.25) is 10.0 Å². The van der Waals surface area contributed by atoms with Gasteiger partial charge in [-0.05, 0) is 31.1 Å². The molecule has 1 saturated carbocycles. The summed E-state index contributed by atoms with van der Waals surface area (Å²) in [6.07, 6.45) is 4.89. The van der Waals surface area contributed by atoms with Gasteiger partial charge < -0.3 is 10.6 Å². The van der Waals surface area contributed by atoms with E-state index in [1.54, 1.807) is 4.31 Å². The van der Waals surface area contributed by atoms with Gasteiger partial charge in [0.05, 0.1) is 6.26 Å². The standard InChI is InChI=1S/C13H27N3O2S/c1-11-3-4-13(14)12(9-11)10-15-5-7-16(8-6-15)19(2,17)18/h11-13H,3-10,14H2,1-2H3. The first-order valence-corrected chi connectivity index (χ1v) is 9.14. The minimum Gasteiger partial charge on any atom is -0.327 e. The van der Waals surface area contributed by atoms with E-state index in [2.05, 4.69) is 11.8 Å². The highest BCUT2D eigenvalue weighted by molar-refractivity contribution is 7.88. The van der Waals surface area contributed by atoms with Gasteiger partial charge in [0.25, 0.3) is 0 Å². The molecule has 3 unspecified atom stereocenters.